The lowest BCUT2D eigenvalue weighted by molar-refractivity contribution is -0.121. The van der Waals surface area contributed by atoms with Gasteiger partial charge in [-0.05, 0) is 42.3 Å². The lowest BCUT2D eigenvalue weighted by atomic mass is 10.1. The molecule has 0 saturated heterocycles. The zero-order valence-corrected chi connectivity index (χ0v) is 12.4. The Bertz CT molecular complexity index is 730. The number of hydrogen-bond donors (Lipinski definition) is 0. The first-order valence-electron chi connectivity index (χ1n) is 6.94. The third-order valence-electron chi connectivity index (χ3n) is 3.62. The molecule has 0 radical (unpaired) electrons. The number of benzene rings is 2. The number of halogens is 1. The monoisotopic (exact) mass is 301 g/mol. The van der Waals surface area contributed by atoms with E-state index in [0.29, 0.717) is 23.5 Å². The van der Waals surface area contributed by atoms with Crippen molar-refractivity contribution < 1.29 is 18.7 Å². The Labute approximate surface area is 128 Å². The Balaban J connectivity index is 1.92. The van der Waals surface area contributed by atoms with Gasteiger partial charge in [0, 0.05) is 0 Å². The van der Waals surface area contributed by atoms with Crippen LogP contribution in [0.15, 0.2) is 36.4 Å². The molecule has 0 fully saturated rings. The van der Waals surface area contributed by atoms with Crippen LogP contribution >= 0.6 is 0 Å². The van der Waals surface area contributed by atoms with Crippen molar-refractivity contribution in [2.45, 2.75) is 13.5 Å². The smallest absolute Gasteiger partial charge is 0.265 e. The molecule has 2 aromatic rings. The second kappa shape index (κ2) is 5.67. The Kier molecular flexibility index (Phi) is 3.71. The van der Waals surface area contributed by atoms with Gasteiger partial charge in [0.25, 0.3) is 5.91 Å². The van der Waals surface area contributed by atoms with Crippen LogP contribution in [0.4, 0.5) is 10.1 Å². The maximum absolute atomic E-state index is 13.8. The fourth-order valence-corrected chi connectivity index (χ4v) is 2.48. The van der Waals surface area contributed by atoms with E-state index in [1.807, 2.05) is 25.1 Å². The number of amides is 1. The topological polar surface area (TPSA) is 38.8 Å². The molecule has 0 aromatic heterocycles. The van der Waals surface area contributed by atoms with E-state index < -0.39 is 5.82 Å². The van der Waals surface area contributed by atoms with Crippen LogP contribution in [-0.4, -0.2) is 19.6 Å². The van der Waals surface area contributed by atoms with E-state index in [-0.39, 0.29) is 18.3 Å². The average molecular weight is 301 g/mol. The molecule has 3 rings (SSSR count). The van der Waals surface area contributed by atoms with Gasteiger partial charge in [0.15, 0.2) is 18.2 Å². The second-order valence-electron chi connectivity index (χ2n) is 5.21. The third-order valence-corrected chi connectivity index (χ3v) is 3.62. The SMILES string of the molecule is COc1ccc(CN2C(=O)COc3cc(C)ccc32)cc1F. The molecular formula is C17H16FNO3. The van der Waals surface area contributed by atoms with E-state index in [0.717, 1.165) is 5.56 Å². The fourth-order valence-electron chi connectivity index (χ4n) is 2.48. The third kappa shape index (κ3) is 2.62. The predicted octanol–water partition coefficient (Wildman–Crippen LogP) is 3.07. The molecule has 2 aromatic carbocycles. The maximum atomic E-state index is 13.8. The van der Waals surface area contributed by atoms with Crippen molar-refractivity contribution in [2.75, 3.05) is 18.6 Å². The highest BCUT2D eigenvalue weighted by molar-refractivity contribution is 5.97. The zero-order valence-electron chi connectivity index (χ0n) is 12.4. The largest absolute Gasteiger partial charge is 0.494 e. The van der Waals surface area contributed by atoms with Gasteiger partial charge in [0.05, 0.1) is 19.3 Å². The summed E-state index contributed by atoms with van der Waals surface area (Å²) in [6.45, 7) is 2.25. The number of rotatable bonds is 3. The Morgan fingerprint density at radius 2 is 2.09 bits per heavy atom. The molecule has 4 nitrogen and oxygen atoms in total. The summed E-state index contributed by atoms with van der Waals surface area (Å²) in [4.78, 5) is 13.7. The van der Waals surface area contributed by atoms with E-state index in [9.17, 15) is 9.18 Å². The highest BCUT2D eigenvalue weighted by Gasteiger charge is 2.25. The van der Waals surface area contributed by atoms with Gasteiger partial charge in [-0.2, -0.15) is 0 Å². The van der Waals surface area contributed by atoms with Crippen molar-refractivity contribution in [3.8, 4) is 11.5 Å². The predicted molar refractivity (Wildman–Crippen MR) is 80.8 cm³/mol. The van der Waals surface area contributed by atoms with E-state index in [2.05, 4.69) is 0 Å². The fraction of sp³-hybridized carbons (Fsp3) is 0.235. The number of aryl methyl sites for hydroxylation is 1. The van der Waals surface area contributed by atoms with Crippen LogP contribution in [0, 0.1) is 12.7 Å². The van der Waals surface area contributed by atoms with E-state index in [1.54, 1.807) is 17.0 Å². The van der Waals surface area contributed by atoms with Crippen LogP contribution in [0.25, 0.3) is 0 Å². The molecule has 0 aliphatic carbocycles. The summed E-state index contributed by atoms with van der Waals surface area (Å²) in [6, 6.07) is 10.4. The van der Waals surface area contributed by atoms with Crippen molar-refractivity contribution in [1.82, 2.24) is 0 Å². The van der Waals surface area contributed by atoms with Gasteiger partial charge in [-0.3, -0.25) is 4.79 Å². The number of nitrogens with zero attached hydrogens (tertiary/aromatic N) is 1. The van der Waals surface area contributed by atoms with E-state index >= 15 is 0 Å². The van der Waals surface area contributed by atoms with Crippen molar-refractivity contribution in [1.29, 1.82) is 0 Å². The Hall–Kier alpha value is -2.56. The quantitative estimate of drug-likeness (QED) is 0.874. The van der Waals surface area contributed by atoms with Crippen LogP contribution in [0.1, 0.15) is 11.1 Å². The standard InChI is InChI=1S/C17H16FNO3/c1-11-3-5-14-16(7-11)22-10-17(20)19(14)9-12-4-6-15(21-2)13(18)8-12/h3-8H,9-10H2,1-2H3. The molecular weight excluding hydrogens is 285 g/mol. The average Bonchev–Trinajstić information content (AvgIpc) is 2.50. The molecule has 0 N–H and O–H groups in total. The molecule has 1 aliphatic heterocycles. The molecule has 1 heterocycles. The van der Waals surface area contributed by atoms with Crippen molar-refractivity contribution in [3.63, 3.8) is 0 Å². The first-order chi connectivity index (χ1) is 10.6. The van der Waals surface area contributed by atoms with E-state index in [4.69, 9.17) is 9.47 Å². The summed E-state index contributed by atoms with van der Waals surface area (Å²) < 4.78 is 24.2. The summed E-state index contributed by atoms with van der Waals surface area (Å²) in [6.07, 6.45) is 0. The minimum absolute atomic E-state index is 0.00487. The number of fused-ring (bicyclic) bond motifs is 1. The van der Waals surface area contributed by atoms with Crippen molar-refractivity contribution in [2.24, 2.45) is 0 Å². The first-order valence-corrected chi connectivity index (χ1v) is 6.94. The number of hydrogen-bond acceptors (Lipinski definition) is 3. The van der Waals surface area contributed by atoms with Crippen LogP contribution in [0.2, 0.25) is 0 Å². The number of methoxy groups -OCH3 is 1. The molecule has 1 aliphatic rings. The van der Waals surface area contributed by atoms with Gasteiger partial charge in [-0.15, -0.1) is 0 Å². The number of anilines is 1. The highest BCUT2D eigenvalue weighted by atomic mass is 19.1. The lowest BCUT2D eigenvalue weighted by Crippen LogP contribution is -2.38. The number of ether oxygens (including phenoxy) is 2. The normalized spacial score (nSPS) is 13.6. The van der Waals surface area contributed by atoms with Gasteiger partial charge >= 0.3 is 0 Å². The van der Waals surface area contributed by atoms with Gasteiger partial charge in [-0.25, -0.2) is 4.39 Å². The molecule has 0 saturated carbocycles. The molecule has 0 bridgehead atoms. The lowest BCUT2D eigenvalue weighted by Gasteiger charge is -2.29. The van der Waals surface area contributed by atoms with Gasteiger partial charge < -0.3 is 14.4 Å². The molecule has 114 valence electrons. The number of carbonyl (C=O) groups excluding carboxylic acids is 1. The summed E-state index contributed by atoms with van der Waals surface area (Å²) in [5, 5.41) is 0. The minimum atomic E-state index is -0.440. The second-order valence-corrected chi connectivity index (χ2v) is 5.21. The molecule has 0 spiro atoms. The number of carbonyl (C=O) groups is 1. The van der Waals surface area contributed by atoms with Crippen LogP contribution in [0.3, 0.4) is 0 Å². The summed E-state index contributed by atoms with van der Waals surface area (Å²) in [5.41, 5.74) is 2.46. The maximum Gasteiger partial charge on any atom is 0.265 e. The Morgan fingerprint density at radius 3 is 2.82 bits per heavy atom. The van der Waals surface area contributed by atoms with Gasteiger partial charge in [0.1, 0.15) is 5.75 Å². The van der Waals surface area contributed by atoms with Crippen molar-refractivity contribution >= 4 is 11.6 Å². The molecule has 5 heteroatoms. The zero-order chi connectivity index (χ0) is 15.7. The molecule has 22 heavy (non-hydrogen) atoms. The first kappa shape index (κ1) is 14.4. The summed E-state index contributed by atoms with van der Waals surface area (Å²) >= 11 is 0. The van der Waals surface area contributed by atoms with Crippen LogP contribution in [-0.2, 0) is 11.3 Å². The minimum Gasteiger partial charge on any atom is -0.494 e. The Morgan fingerprint density at radius 1 is 1.27 bits per heavy atom. The van der Waals surface area contributed by atoms with Gasteiger partial charge in [0.2, 0.25) is 0 Å². The summed E-state index contributed by atoms with van der Waals surface area (Å²) in [7, 11) is 1.42. The van der Waals surface area contributed by atoms with E-state index in [1.165, 1.54) is 13.2 Å². The van der Waals surface area contributed by atoms with Crippen LogP contribution < -0.4 is 14.4 Å². The summed E-state index contributed by atoms with van der Waals surface area (Å²) in [5.74, 6) is 0.277. The molecule has 0 unspecified atom stereocenters. The van der Waals surface area contributed by atoms with Gasteiger partial charge in [-0.1, -0.05) is 12.1 Å². The highest BCUT2D eigenvalue weighted by Crippen LogP contribution is 2.34. The molecule has 1 amide bonds. The van der Waals surface area contributed by atoms with Crippen molar-refractivity contribution in [3.05, 3.63) is 53.3 Å². The molecule has 0 atom stereocenters. The van der Waals surface area contributed by atoms with Crippen LogP contribution in [0.5, 0.6) is 11.5 Å².